The lowest BCUT2D eigenvalue weighted by molar-refractivity contribution is 0.0834. The number of sulfonamides is 1. The maximum absolute atomic E-state index is 12.0. The fourth-order valence-corrected chi connectivity index (χ4v) is 3.28. The molecule has 0 aliphatic carbocycles. The van der Waals surface area contributed by atoms with Crippen molar-refractivity contribution in [2.45, 2.75) is 29.7 Å². The molecule has 1 N–H and O–H groups in total. The molecule has 0 aliphatic rings. The molecule has 0 aromatic heterocycles. The van der Waals surface area contributed by atoms with E-state index in [0.29, 0.717) is 0 Å². The third kappa shape index (κ3) is 5.37. The summed E-state index contributed by atoms with van der Waals surface area (Å²) in [7, 11) is -2.58. The zero-order valence-electron chi connectivity index (χ0n) is 11.0. The fraction of sp³-hybridized carbons (Fsp3) is 0.455. The van der Waals surface area contributed by atoms with E-state index < -0.39 is 19.1 Å². The standard InChI is InChI=1S/C11H16ClNO5S2/c1-9(2)18-7-6-13-20(16,17)11-5-3-4-10(8-11)19(12,14)15/h3-5,8-9,13H,6-7H2,1-2H3. The van der Waals surface area contributed by atoms with Gasteiger partial charge in [-0.3, -0.25) is 0 Å². The number of ether oxygens (including phenoxy) is 1. The highest BCUT2D eigenvalue weighted by Gasteiger charge is 2.17. The average Bonchev–Trinajstić information content (AvgIpc) is 2.34. The van der Waals surface area contributed by atoms with E-state index in [1.807, 2.05) is 13.8 Å². The second kappa shape index (κ2) is 6.86. The topological polar surface area (TPSA) is 89.5 Å². The van der Waals surface area contributed by atoms with Crippen molar-refractivity contribution in [1.82, 2.24) is 4.72 Å². The van der Waals surface area contributed by atoms with Gasteiger partial charge in [0.2, 0.25) is 10.0 Å². The van der Waals surface area contributed by atoms with Crippen LogP contribution in [0.3, 0.4) is 0 Å². The Bertz CT molecular complexity index is 655. The molecule has 0 aliphatic heterocycles. The van der Waals surface area contributed by atoms with Crippen molar-refractivity contribution in [2.24, 2.45) is 0 Å². The maximum atomic E-state index is 12.0. The molecule has 0 bridgehead atoms. The number of rotatable bonds is 7. The summed E-state index contributed by atoms with van der Waals surface area (Å²) < 4.78 is 53.8. The molecular weight excluding hydrogens is 326 g/mol. The molecule has 0 unspecified atom stereocenters. The van der Waals surface area contributed by atoms with Gasteiger partial charge in [-0.25, -0.2) is 21.6 Å². The third-order valence-corrected chi connectivity index (χ3v) is 5.05. The first kappa shape index (κ1) is 17.4. The molecule has 0 atom stereocenters. The van der Waals surface area contributed by atoms with E-state index in [1.54, 1.807) is 0 Å². The lowest BCUT2D eigenvalue weighted by atomic mass is 10.4. The SMILES string of the molecule is CC(C)OCCNS(=O)(=O)c1cccc(S(=O)(=O)Cl)c1. The number of benzene rings is 1. The second-order valence-corrected chi connectivity index (χ2v) is 8.56. The third-order valence-electron chi connectivity index (χ3n) is 2.24. The van der Waals surface area contributed by atoms with Crippen LogP contribution >= 0.6 is 10.7 Å². The fourth-order valence-electron chi connectivity index (χ4n) is 1.35. The van der Waals surface area contributed by atoms with Crippen LogP contribution in [0.1, 0.15) is 13.8 Å². The molecule has 0 radical (unpaired) electrons. The van der Waals surface area contributed by atoms with Gasteiger partial charge in [0.25, 0.3) is 9.05 Å². The lowest BCUT2D eigenvalue weighted by Crippen LogP contribution is -2.28. The van der Waals surface area contributed by atoms with Gasteiger partial charge in [-0.1, -0.05) is 6.07 Å². The summed E-state index contributed by atoms with van der Waals surface area (Å²) in [5.74, 6) is 0. The summed E-state index contributed by atoms with van der Waals surface area (Å²) in [6.45, 7) is 4.00. The molecule has 0 saturated heterocycles. The van der Waals surface area contributed by atoms with Gasteiger partial charge in [-0.05, 0) is 32.0 Å². The van der Waals surface area contributed by atoms with Crippen LogP contribution in [0.25, 0.3) is 0 Å². The van der Waals surface area contributed by atoms with Crippen molar-refractivity contribution in [2.75, 3.05) is 13.2 Å². The molecule has 1 aromatic carbocycles. The van der Waals surface area contributed by atoms with Gasteiger partial charge < -0.3 is 4.74 Å². The molecular formula is C11H16ClNO5S2. The summed E-state index contributed by atoms with van der Waals surface area (Å²) in [5.41, 5.74) is 0. The van der Waals surface area contributed by atoms with Crippen LogP contribution in [0.4, 0.5) is 0 Å². The van der Waals surface area contributed by atoms with Crippen molar-refractivity contribution >= 4 is 29.8 Å². The van der Waals surface area contributed by atoms with E-state index in [4.69, 9.17) is 15.4 Å². The Labute approximate surface area is 123 Å². The summed E-state index contributed by atoms with van der Waals surface area (Å²) in [6, 6.07) is 4.84. The Hall–Kier alpha value is -0.670. The van der Waals surface area contributed by atoms with Crippen LogP contribution in [0, 0.1) is 0 Å². The largest absolute Gasteiger partial charge is 0.377 e. The van der Waals surface area contributed by atoms with Gasteiger partial charge in [-0.2, -0.15) is 0 Å². The van der Waals surface area contributed by atoms with E-state index in [9.17, 15) is 16.8 Å². The van der Waals surface area contributed by atoms with Crippen LogP contribution in [0.2, 0.25) is 0 Å². The highest BCUT2D eigenvalue weighted by atomic mass is 35.7. The average molecular weight is 342 g/mol. The molecule has 114 valence electrons. The molecule has 1 aromatic rings. The Kier molecular flexibility index (Phi) is 5.96. The van der Waals surface area contributed by atoms with E-state index in [-0.39, 0.29) is 29.0 Å². The van der Waals surface area contributed by atoms with Gasteiger partial charge in [0.05, 0.1) is 22.5 Å². The maximum Gasteiger partial charge on any atom is 0.261 e. The smallest absolute Gasteiger partial charge is 0.261 e. The molecule has 0 amide bonds. The van der Waals surface area contributed by atoms with E-state index >= 15 is 0 Å². The molecule has 6 nitrogen and oxygen atoms in total. The molecule has 0 heterocycles. The lowest BCUT2D eigenvalue weighted by Gasteiger charge is -2.09. The Balaban J connectivity index is 2.83. The minimum atomic E-state index is -3.97. The van der Waals surface area contributed by atoms with E-state index in [0.717, 1.165) is 6.07 Å². The summed E-state index contributed by atoms with van der Waals surface area (Å²) >= 11 is 0. The number of hydrogen-bond acceptors (Lipinski definition) is 5. The Morgan fingerprint density at radius 1 is 1.20 bits per heavy atom. The normalized spacial score (nSPS) is 12.8. The van der Waals surface area contributed by atoms with Gasteiger partial charge in [0.15, 0.2) is 0 Å². The monoisotopic (exact) mass is 341 g/mol. The summed E-state index contributed by atoms with van der Waals surface area (Å²) in [5, 5.41) is 0. The zero-order chi connectivity index (χ0) is 15.4. The van der Waals surface area contributed by atoms with Gasteiger partial charge in [-0.15, -0.1) is 0 Å². The highest BCUT2D eigenvalue weighted by molar-refractivity contribution is 8.13. The zero-order valence-corrected chi connectivity index (χ0v) is 13.4. The number of nitrogens with one attached hydrogen (secondary N) is 1. The van der Waals surface area contributed by atoms with Crippen molar-refractivity contribution in [3.05, 3.63) is 24.3 Å². The van der Waals surface area contributed by atoms with Crippen molar-refractivity contribution in [3.63, 3.8) is 0 Å². The minimum absolute atomic E-state index is 0.00391. The predicted molar refractivity (Wildman–Crippen MR) is 75.8 cm³/mol. The van der Waals surface area contributed by atoms with Crippen LogP contribution in [-0.4, -0.2) is 36.1 Å². The Morgan fingerprint density at radius 2 is 1.80 bits per heavy atom. The van der Waals surface area contributed by atoms with Crippen LogP contribution in [0.5, 0.6) is 0 Å². The quantitative estimate of drug-likeness (QED) is 0.596. The molecule has 1 rings (SSSR count). The first-order valence-corrected chi connectivity index (χ1v) is 9.58. The van der Waals surface area contributed by atoms with Gasteiger partial charge >= 0.3 is 0 Å². The van der Waals surface area contributed by atoms with Crippen LogP contribution < -0.4 is 4.72 Å². The van der Waals surface area contributed by atoms with Crippen molar-refractivity contribution in [3.8, 4) is 0 Å². The van der Waals surface area contributed by atoms with E-state index in [1.165, 1.54) is 18.2 Å². The molecule has 0 spiro atoms. The predicted octanol–water partition coefficient (Wildman–Crippen LogP) is 1.32. The minimum Gasteiger partial charge on any atom is -0.377 e. The highest BCUT2D eigenvalue weighted by Crippen LogP contribution is 2.18. The van der Waals surface area contributed by atoms with Crippen molar-refractivity contribution < 1.29 is 21.6 Å². The summed E-state index contributed by atoms with van der Waals surface area (Å²) in [6.07, 6.45) is 0.00391. The second-order valence-electron chi connectivity index (χ2n) is 4.23. The molecule has 0 saturated carbocycles. The van der Waals surface area contributed by atoms with Crippen LogP contribution in [-0.2, 0) is 23.8 Å². The number of halogens is 1. The van der Waals surface area contributed by atoms with Crippen LogP contribution in [0.15, 0.2) is 34.1 Å². The molecule has 9 heteroatoms. The molecule has 20 heavy (non-hydrogen) atoms. The van der Waals surface area contributed by atoms with Gasteiger partial charge in [0.1, 0.15) is 0 Å². The molecule has 0 fully saturated rings. The first-order valence-electron chi connectivity index (χ1n) is 5.79. The first-order chi connectivity index (χ1) is 9.13. The Morgan fingerprint density at radius 3 is 2.35 bits per heavy atom. The van der Waals surface area contributed by atoms with E-state index in [2.05, 4.69) is 4.72 Å². The number of hydrogen-bond donors (Lipinski definition) is 1. The van der Waals surface area contributed by atoms with Gasteiger partial charge in [0, 0.05) is 17.2 Å². The van der Waals surface area contributed by atoms with Crippen molar-refractivity contribution in [1.29, 1.82) is 0 Å². The summed E-state index contributed by atoms with van der Waals surface area (Å²) in [4.78, 5) is -0.427.